The molecule has 0 radical (unpaired) electrons. The van der Waals surface area contributed by atoms with Crippen molar-refractivity contribution in [1.29, 1.82) is 0 Å². The Morgan fingerprint density at radius 1 is 1.30 bits per heavy atom. The lowest BCUT2D eigenvalue weighted by Crippen LogP contribution is -2.17. The van der Waals surface area contributed by atoms with Crippen molar-refractivity contribution in [2.45, 2.75) is 6.92 Å². The molecule has 0 spiro atoms. The van der Waals surface area contributed by atoms with Crippen molar-refractivity contribution in [2.24, 2.45) is 15.7 Å². The van der Waals surface area contributed by atoms with Crippen LogP contribution in [0.4, 0.5) is 20.3 Å². The van der Waals surface area contributed by atoms with Gasteiger partial charge in [0.2, 0.25) is 5.91 Å². The summed E-state index contributed by atoms with van der Waals surface area (Å²) in [7, 11) is 0. The van der Waals surface area contributed by atoms with Crippen LogP contribution in [-0.4, -0.2) is 27.5 Å². The van der Waals surface area contributed by atoms with Gasteiger partial charge in [-0.05, 0) is 18.2 Å². The molecule has 3 N–H and O–H groups in total. The standard InChI is InChI=1S/C18H16F2N6O/c1-3-4-5-16(26-18(21)14-7-6-12(19)9-22-14)25-15-8-17(24-11(2)27)23-10-13(15)20/h3-10H,1H2,2H3,(H3,21,23,24,25,26,27)/b5-4+. The van der Waals surface area contributed by atoms with Crippen molar-refractivity contribution in [3.05, 3.63) is 72.7 Å². The summed E-state index contributed by atoms with van der Waals surface area (Å²) < 4.78 is 27.0. The molecule has 7 nitrogen and oxygen atoms in total. The predicted molar refractivity (Wildman–Crippen MR) is 99.9 cm³/mol. The summed E-state index contributed by atoms with van der Waals surface area (Å²) in [6.07, 6.45) is 6.37. The lowest BCUT2D eigenvalue weighted by atomic mass is 10.3. The van der Waals surface area contributed by atoms with E-state index in [0.717, 1.165) is 12.4 Å². The SMILES string of the molecule is C=C/C=C/C(=Nc1cc(NC(C)=O)ncc1F)N=C(N)c1ccc(F)cn1. The summed E-state index contributed by atoms with van der Waals surface area (Å²) in [5, 5.41) is 2.43. The summed E-state index contributed by atoms with van der Waals surface area (Å²) in [5.74, 6) is -1.47. The van der Waals surface area contributed by atoms with Crippen molar-refractivity contribution in [1.82, 2.24) is 9.97 Å². The molecule has 1 amide bonds. The Kier molecular flexibility index (Phi) is 6.59. The average Bonchev–Trinajstić information content (AvgIpc) is 2.62. The highest BCUT2D eigenvalue weighted by molar-refractivity contribution is 6.08. The van der Waals surface area contributed by atoms with Gasteiger partial charge in [-0.3, -0.25) is 4.79 Å². The molecule has 9 heteroatoms. The number of hydrogen-bond acceptors (Lipinski definition) is 4. The highest BCUT2D eigenvalue weighted by Crippen LogP contribution is 2.21. The number of rotatable bonds is 5. The fourth-order valence-electron chi connectivity index (χ4n) is 1.85. The largest absolute Gasteiger partial charge is 0.382 e. The van der Waals surface area contributed by atoms with Crippen molar-refractivity contribution in [3.8, 4) is 0 Å². The van der Waals surface area contributed by atoms with Crippen LogP contribution >= 0.6 is 0 Å². The van der Waals surface area contributed by atoms with Gasteiger partial charge in [-0.25, -0.2) is 28.7 Å². The highest BCUT2D eigenvalue weighted by Gasteiger charge is 2.07. The minimum atomic E-state index is -0.720. The van der Waals surface area contributed by atoms with Crippen LogP contribution in [0.25, 0.3) is 0 Å². The number of hydrogen-bond donors (Lipinski definition) is 2. The van der Waals surface area contributed by atoms with Crippen molar-refractivity contribution in [3.63, 3.8) is 0 Å². The number of nitrogens with zero attached hydrogens (tertiary/aromatic N) is 4. The van der Waals surface area contributed by atoms with Crippen LogP contribution in [0.2, 0.25) is 0 Å². The van der Waals surface area contributed by atoms with Crippen LogP contribution in [-0.2, 0) is 4.79 Å². The van der Waals surface area contributed by atoms with Crippen molar-refractivity contribution >= 4 is 29.1 Å². The summed E-state index contributed by atoms with van der Waals surface area (Å²) >= 11 is 0. The van der Waals surface area contributed by atoms with Crippen molar-refractivity contribution in [2.75, 3.05) is 5.32 Å². The van der Waals surface area contributed by atoms with Gasteiger partial charge >= 0.3 is 0 Å². The molecule has 0 bridgehead atoms. The van der Waals surface area contributed by atoms with Gasteiger partial charge in [-0.1, -0.05) is 18.7 Å². The number of aromatic nitrogens is 2. The molecule has 2 aromatic rings. The second kappa shape index (κ2) is 9.09. The van der Waals surface area contributed by atoms with E-state index in [0.29, 0.717) is 0 Å². The molecule has 0 aliphatic heterocycles. The maximum absolute atomic E-state index is 14.0. The zero-order chi connectivity index (χ0) is 19.8. The number of anilines is 1. The van der Waals surface area contributed by atoms with Gasteiger partial charge in [0, 0.05) is 13.0 Å². The normalized spacial score (nSPS) is 12.3. The number of pyridine rings is 2. The molecule has 0 atom stereocenters. The van der Waals surface area contributed by atoms with Crippen LogP contribution in [0.3, 0.4) is 0 Å². The first kappa shape index (κ1) is 19.6. The van der Waals surface area contributed by atoms with Crippen LogP contribution in [0.5, 0.6) is 0 Å². The first-order valence-corrected chi connectivity index (χ1v) is 7.66. The third-order valence-corrected chi connectivity index (χ3v) is 2.98. The van der Waals surface area contributed by atoms with E-state index in [1.807, 2.05) is 0 Å². The predicted octanol–water partition coefficient (Wildman–Crippen LogP) is 2.89. The Bertz CT molecular complexity index is 935. The van der Waals surface area contributed by atoms with E-state index in [2.05, 4.69) is 31.8 Å². The van der Waals surface area contributed by atoms with Gasteiger partial charge in [-0.15, -0.1) is 0 Å². The Hall–Kier alpha value is -3.75. The lowest BCUT2D eigenvalue weighted by molar-refractivity contribution is -0.114. The zero-order valence-corrected chi connectivity index (χ0v) is 14.4. The second-order valence-corrected chi connectivity index (χ2v) is 5.13. The molecule has 0 aliphatic rings. The van der Waals surface area contributed by atoms with E-state index in [1.54, 1.807) is 0 Å². The maximum atomic E-state index is 14.0. The molecule has 27 heavy (non-hydrogen) atoms. The van der Waals surface area contributed by atoms with Crippen LogP contribution in [0, 0.1) is 11.6 Å². The summed E-state index contributed by atoms with van der Waals surface area (Å²) in [6.45, 7) is 4.84. The Balaban J connectivity index is 2.45. The summed E-state index contributed by atoms with van der Waals surface area (Å²) in [6, 6.07) is 3.79. The van der Waals surface area contributed by atoms with Gasteiger partial charge in [0.05, 0.1) is 12.4 Å². The van der Waals surface area contributed by atoms with Crippen LogP contribution in [0.1, 0.15) is 12.6 Å². The molecule has 2 aromatic heterocycles. The number of amidine groups is 2. The van der Waals surface area contributed by atoms with Gasteiger partial charge in [0.1, 0.15) is 23.0 Å². The van der Waals surface area contributed by atoms with Gasteiger partial charge < -0.3 is 11.1 Å². The van der Waals surface area contributed by atoms with E-state index in [1.165, 1.54) is 43.4 Å². The minimum absolute atomic E-state index is 0.0393. The lowest BCUT2D eigenvalue weighted by Gasteiger charge is -2.04. The molecule has 0 saturated carbocycles. The first-order valence-electron chi connectivity index (χ1n) is 7.66. The minimum Gasteiger partial charge on any atom is -0.382 e. The summed E-state index contributed by atoms with van der Waals surface area (Å²) in [4.78, 5) is 26.9. The number of nitrogens with two attached hydrogens (primary N) is 1. The fraction of sp³-hybridized carbons (Fsp3) is 0.0556. The number of carbonyl (C=O) groups is 1. The monoisotopic (exact) mass is 370 g/mol. The Morgan fingerprint density at radius 2 is 2.07 bits per heavy atom. The third-order valence-electron chi connectivity index (χ3n) is 2.98. The number of nitrogens with one attached hydrogen (secondary N) is 1. The molecule has 2 rings (SSSR count). The Labute approximate surface area is 154 Å². The third kappa shape index (κ3) is 5.92. The van der Waals surface area contributed by atoms with Crippen LogP contribution < -0.4 is 11.1 Å². The molecule has 0 unspecified atom stereocenters. The number of halogens is 2. The van der Waals surface area contributed by atoms with E-state index in [-0.39, 0.29) is 34.8 Å². The average molecular weight is 370 g/mol. The molecule has 0 aliphatic carbocycles. The van der Waals surface area contributed by atoms with Crippen molar-refractivity contribution < 1.29 is 13.6 Å². The molecule has 2 heterocycles. The van der Waals surface area contributed by atoms with Crippen LogP contribution in [0.15, 0.2) is 65.4 Å². The zero-order valence-electron chi connectivity index (χ0n) is 14.4. The van der Waals surface area contributed by atoms with Gasteiger partial charge in [-0.2, -0.15) is 0 Å². The smallest absolute Gasteiger partial charge is 0.222 e. The summed E-state index contributed by atoms with van der Waals surface area (Å²) in [5.41, 5.74) is 5.98. The number of aliphatic imine (C=N–C) groups is 2. The van der Waals surface area contributed by atoms with E-state index in [4.69, 9.17) is 5.73 Å². The highest BCUT2D eigenvalue weighted by atomic mass is 19.1. The van der Waals surface area contributed by atoms with Gasteiger partial charge in [0.15, 0.2) is 17.5 Å². The first-order chi connectivity index (χ1) is 12.9. The fourth-order valence-corrected chi connectivity index (χ4v) is 1.85. The Morgan fingerprint density at radius 3 is 2.70 bits per heavy atom. The quantitative estimate of drug-likeness (QED) is 0.479. The molecular weight excluding hydrogens is 354 g/mol. The van der Waals surface area contributed by atoms with E-state index >= 15 is 0 Å². The van der Waals surface area contributed by atoms with Gasteiger partial charge in [0.25, 0.3) is 0 Å². The topological polar surface area (TPSA) is 106 Å². The molecule has 138 valence electrons. The second-order valence-electron chi connectivity index (χ2n) is 5.13. The maximum Gasteiger partial charge on any atom is 0.222 e. The molecule has 0 saturated heterocycles. The van der Waals surface area contributed by atoms with E-state index < -0.39 is 11.6 Å². The molecule has 0 fully saturated rings. The van der Waals surface area contributed by atoms with E-state index in [9.17, 15) is 13.6 Å². The molecule has 0 aromatic carbocycles. The number of amides is 1. The molecular formula is C18H16F2N6O. The number of allylic oxidation sites excluding steroid dienone is 2. The number of carbonyl (C=O) groups excluding carboxylic acids is 1.